The molecule has 0 saturated carbocycles. The highest BCUT2D eigenvalue weighted by Gasteiger charge is 2.33. The average Bonchev–Trinajstić information content (AvgIpc) is 3.02. The Morgan fingerprint density at radius 1 is 0.867 bits per heavy atom. The molecule has 0 aliphatic carbocycles. The van der Waals surface area contributed by atoms with Gasteiger partial charge in [0.1, 0.15) is 23.9 Å². The van der Waals surface area contributed by atoms with Crippen molar-refractivity contribution in [2.45, 2.75) is 13.2 Å². The molecule has 0 aromatic heterocycles. The van der Waals surface area contributed by atoms with Crippen LogP contribution in [0.5, 0.6) is 5.75 Å². The zero-order valence-electron chi connectivity index (χ0n) is 16.0. The van der Waals surface area contributed by atoms with Crippen LogP contribution in [-0.4, -0.2) is 16.8 Å². The van der Waals surface area contributed by atoms with Crippen molar-refractivity contribution >= 4 is 18.0 Å². The fourth-order valence-electron chi connectivity index (χ4n) is 3.06. The molecule has 1 aliphatic heterocycles. The van der Waals surface area contributed by atoms with E-state index in [2.05, 4.69) is 5.32 Å². The Morgan fingerprint density at radius 2 is 1.57 bits per heavy atom. The van der Waals surface area contributed by atoms with E-state index in [1.165, 1.54) is 17.0 Å². The molecule has 0 atom stereocenters. The molecular formula is C24H19FN2O3. The maximum absolute atomic E-state index is 12.9. The summed E-state index contributed by atoms with van der Waals surface area (Å²) in [5.41, 5.74) is 2.73. The van der Waals surface area contributed by atoms with E-state index in [4.69, 9.17) is 4.74 Å². The van der Waals surface area contributed by atoms with Gasteiger partial charge in [-0.1, -0.05) is 54.6 Å². The lowest BCUT2D eigenvalue weighted by molar-refractivity contribution is -0.123. The number of carbonyl (C=O) groups is 2. The Balaban J connectivity index is 1.40. The van der Waals surface area contributed by atoms with Gasteiger partial charge in [0.15, 0.2) is 0 Å². The van der Waals surface area contributed by atoms with Crippen LogP contribution in [0.2, 0.25) is 0 Å². The minimum atomic E-state index is -0.436. The summed E-state index contributed by atoms with van der Waals surface area (Å²) in [6.45, 7) is 0.544. The van der Waals surface area contributed by atoms with Crippen molar-refractivity contribution in [2.24, 2.45) is 0 Å². The molecular weight excluding hydrogens is 383 g/mol. The molecule has 0 unspecified atom stereocenters. The third-order valence-corrected chi connectivity index (χ3v) is 4.66. The van der Waals surface area contributed by atoms with E-state index in [9.17, 15) is 14.0 Å². The number of nitrogens with one attached hydrogen (secondary N) is 1. The van der Waals surface area contributed by atoms with E-state index >= 15 is 0 Å². The second kappa shape index (κ2) is 8.61. The van der Waals surface area contributed by atoms with E-state index < -0.39 is 6.03 Å². The molecule has 3 aromatic carbocycles. The number of benzene rings is 3. The quantitative estimate of drug-likeness (QED) is 0.488. The SMILES string of the molecule is O=C1N/C(=C\c2ccc(OCc3ccc(F)cc3)cc2)C(=O)N1Cc1ccccc1. The number of halogens is 1. The lowest BCUT2D eigenvalue weighted by atomic mass is 10.1. The summed E-state index contributed by atoms with van der Waals surface area (Å²) in [6, 6.07) is 22.2. The Kier molecular flexibility index (Phi) is 5.57. The van der Waals surface area contributed by atoms with Gasteiger partial charge in [0.2, 0.25) is 0 Å². The summed E-state index contributed by atoms with van der Waals surface area (Å²) >= 11 is 0. The van der Waals surface area contributed by atoms with E-state index in [1.54, 1.807) is 42.5 Å². The molecule has 5 nitrogen and oxygen atoms in total. The highest BCUT2D eigenvalue weighted by Crippen LogP contribution is 2.19. The molecule has 150 valence electrons. The predicted octanol–water partition coefficient (Wildman–Crippen LogP) is 4.50. The monoisotopic (exact) mass is 402 g/mol. The summed E-state index contributed by atoms with van der Waals surface area (Å²) in [4.78, 5) is 26.0. The van der Waals surface area contributed by atoms with Gasteiger partial charge in [-0.3, -0.25) is 9.69 Å². The van der Waals surface area contributed by atoms with Crippen LogP contribution in [0.25, 0.3) is 6.08 Å². The Hall–Kier alpha value is -3.93. The summed E-state index contributed by atoms with van der Waals surface area (Å²) in [6.07, 6.45) is 1.63. The zero-order valence-corrected chi connectivity index (χ0v) is 16.0. The molecule has 1 aliphatic rings. The van der Waals surface area contributed by atoms with Crippen molar-refractivity contribution in [1.29, 1.82) is 0 Å². The molecule has 0 spiro atoms. The number of hydrogen-bond donors (Lipinski definition) is 1. The third kappa shape index (κ3) is 4.55. The van der Waals surface area contributed by atoms with Crippen LogP contribution in [0.1, 0.15) is 16.7 Å². The molecule has 0 bridgehead atoms. The van der Waals surface area contributed by atoms with Crippen LogP contribution in [0.4, 0.5) is 9.18 Å². The van der Waals surface area contributed by atoms with Crippen LogP contribution in [-0.2, 0) is 17.9 Å². The van der Waals surface area contributed by atoms with Gasteiger partial charge in [-0.05, 0) is 47.0 Å². The van der Waals surface area contributed by atoms with Gasteiger partial charge in [-0.25, -0.2) is 9.18 Å². The van der Waals surface area contributed by atoms with E-state index in [-0.39, 0.29) is 24.0 Å². The average molecular weight is 402 g/mol. The van der Waals surface area contributed by atoms with Gasteiger partial charge in [0.05, 0.1) is 6.54 Å². The summed E-state index contributed by atoms with van der Waals surface area (Å²) in [7, 11) is 0. The molecule has 1 N–H and O–H groups in total. The first kappa shape index (κ1) is 19.4. The van der Waals surface area contributed by atoms with Gasteiger partial charge < -0.3 is 10.1 Å². The first-order chi connectivity index (χ1) is 14.6. The van der Waals surface area contributed by atoms with Crippen LogP contribution < -0.4 is 10.1 Å². The number of amides is 3. The molecule has 1 fully saturated rings. The Morgan fingerprint density at radius 3 is 2.27 bits per heavy atom. The van der Waals surface area contributed by atoms with Crippen molar-refractivity contribution in [2.75, 3.05) is 0 Å². The van der Waals surface area contributed by atoms with Crippen LogP contribution in [0.15, 0.2) is 84.6 Å². The first-order valence-corrected chi connectivity index (χ1v) is 9.44. The summed E-state index contributed by atoms with van der Waals surface area (Å²) in [5.74, 6) is 0.00137. The highest BCUT2D eigenvalue weighted by molar-refractivity contribution is 6.13. The fourth-order valence-corrected chi connectivity index (χ4v) is 3.06. The minimum absolute atomic E-state index is 0.221. The standard InChI is InChI=1S/C24H19FN2O3/c25-20-10-6-19(7-11-20)16-30-21-12-8-17(9-13-21)14-22-23(28)27(24(29)26-22)15-18-4-2-1-3-5-18/h1-14H,15-16H2,(H,26,29)/b22-14-. The molecule has 3 aromatic rings. The van der Waals surface area contributed by atoms with Crippen molar-refractivity contribution in [3.8, 4) is 5.75 Å². The summed E-state index contributed by atoms with van der Waals surface area (Å²) in [5, 5.41) is 2.62. The normalized spacial score (nSPS) is 14.8. The van der Waals surface area contributed by atoms with Gasteiger partial charge in [0, 0.05) is 0 Å². The van der Waals surface area contributed by atoms with E-state index in [0.29, 0.717) is 12.4 Å². The smallest absolute Gasteiger partial charge is 0.329 e. The van der Waals surface area contributed by atoms with Gasteiger partial charge in [0.25, 0.3) is 5.91 Å². The van der Waals surface area contributed by atoms with Gasteiger partial charge in [-0.15, -0.1) is 0 Å². The maximum atomic E-state index is 12.9. The number of imide groups is 1. The van der Waals surface area contributed by atoms with Gasteiger partial charge >= 0.3 is 6.03 Å². The van der Waals surface area contributed by atoms with Crippen LogP contribution in [0, 0.1) is 5.82 Å². The fraction of sp³-hybridized carbons (Fsp3) is 0.0833. The molecule has 6 heteroatoms. The van der Waals surface area contributed by atoms with E-state index in [1.807, 2.05) is 30.3 Å². The lowest BCUT2D eigenvalue weighted by Crippen LogP contribution is -2.30. The predicted molar refractivity (Wildman–Crippen MR) is 111 cm³/mol. The third-order valence-electron chi connectivity index (χ3n) is 4.66. The number of urea groups is 1. The first-order valence-electron chi connectivity index (χ1n) is 9.44. The molecule has 0 radical (unpaired) electrons. The van der Waals surface area contributed by atoms with Gasteiger partial charge in [-0.2, -0.15) is 0 Å². The lowest BCUT2D eigenvalue weighted by Gasteiger charge is -2.11. The van der Waals surface area contributed by atoms with Crippen LogP contribution in [0.3, 0.4) is 0 Å². The number of hydrogen-bond acceptors (Lipinski definition) is 3. The Labute approximate surface area is 173 Å². The largest absolute Gasteiger partial charge is 0.489 e. The van der Waals surface area contributed by atoms with Crippen molar-refractivity contribution in [3.63, 3.8) is 0 Å². The second-order valence-corrected chi connectivity index (χ2v) is 6.85. The number of carbonyl (C=O) groups excluding carboxylic acids is 2. The minimum Gasteiger partial charge on any atom is -0.489 e. The number of ether oxygens (including phenoxy) is 1. The molecule has 3 amide bonds. The molecule has 1 saturated heterocycles. The molecule has 4 rings (SSSR count). The van der Waals surface area contributed by atoms with Crippen molar-refractivity contribution in [3.05, 3.63) is 107 Å². The van der Waals surface area contributed by atoms with Crippen LogP contribution >= 0.6 is 0 Å². The maximum Gasteiger partial charge on any atom is 0.329 e. The second-order valence-electron chi connectivity index (χ2n) is 6.85. The summed E-state index contributed by atoms with van der Waals surface area (Å²) < 4.78 is 18.6. The zero-order chi connectivity index (χ0) is 20.9. The highest BCUT2D eigenvalue weighted by atomic mass is 19.1. The van der Waals surface area contributed by atoms with E-state index in [0.717, 1.165) is 16.7 Å². The van der Waals surface area contributed by atoms with Crippen molar-refractivity contribution < 1.29 is 18.7 Å². The number of rotatable bonds is 6. The topological polar surface area (TPSA) is 58.6 Å². The number of nitrogens with zero attached hydrogens (tertiary/aromatic N) is 1. The molecule has 30 heavy (non-hydrogen) atoms. The van der Waals surface area contributed by atoms with Crippen molar-refractivity contribution in [1.82, 2.24) is 10.2 Å². The Bertz CT molecular complexity index is 1080. The molecule has 1 heterocycles.